The molecule has 0 aromatic rings. The largest absolute Gasteiger partial charge is 0.353 e. The van der Waals surface area contributed by atoms with Crippen LogP contribution in [0.15, 0.2) is 0 Å². The van der Waals surface area contributed by atoms with E-state index in [9.17, 15) is 4.79 Å². The smallest absolute Gasteiger partial charge is 0.230 e. The summed E-state index contributed by atoms with van der Waals surface area (Å²) in [5.41, 5.74) is 5.31. The summed E-state index contributed by atoms with van der Waals surface area (Å²) < 4.78 is 0. The summed E-state index contributed by atoms with van der Waals surface area (Å²) in [5.74, 6) is 1.51. The summed E-state index contributed by atoms with van der Waals surface area (Å²) >= 11 is 1.58. The first-order chi connectivity index (χ1) is 6.20. The fraction of sp³-hybridized carbons (Fsp3) is 0.889. The predicted octanol–water partition coefficient (Wildman–Crippen LogP) is 0.983. The van der Waals surface area contributed by atoms with E-state index in [-0.39, 0.29) is 5.91 Å². The average molecular weight is 204 g/mol. The maximum Gasteiger partial charge on any atom is 0.230 e. The highest BCUT2D eigenvalue weighted by Crippen LogP contribution is 1.99. The fourth-order valence-corrected chi connectivity index (χ4v) is 1.65. The second-order valence-corrected chi connectivity index (χ2v) is 4.20. The number of thioether (sulfide) groups is 1. The van der Waals surface area contributed by atoms with Crippen molar-refractivity contribution in [1.82, 2.24) is 5.32 Å². The molecule has 4 heteroatoms. The molecule has 0 rings (SSSR count). The summed E-state index contributed by atoms with van der Waals surface area (Å²) in [6, 6.07) is 0.302. The second kappa shape index (κ2) is 8.38. The third-order valence-corrected chi connectivity index (χ3v) is 2.62. The normalized spacial score (nSPS) is 12.5. The van der Waals surface area contributed by atoms with Gasteiger partial charge in [-0.05, 0) is 13.3 Å². The van der Waals surface area contributed by atoms with Crippen LogP contribution in [0.2, 0.25) is 0 Å². The Morgan fingerprint density at radius 1 is 1.62 bits per heavy atom. The van der Waals surface area contributed by atoms with Gasteiger partial charge in [-0.15, -0.1) is 0 Å². The quantitative estimate of drug-likeness (QED) is 0.608. The van der Waals surface area contributed by atoms with Gasteiger partial charge in [0, 0.05) is 18.3 Å². The monoisotopic (exact) mass is 204 g/mol. The van der Waals surface area contributed by atoms with E-state index in [1.165, 1.54) is 0 Å². The second-order valence-electron chi connectivity index (χ2n) is 3.10. The molecule has 1 atom stereocenters. The summed E-state index contributed by atoms with van der Waals surface area (Å²) in [7, 11) is 0. The van der Waals surface area contributed by atoms with Gasteiger partial charge in [-0.1, -0.05) is 13.3 Å². The van der Waals surface area contributed by atoms with Gasteiger partial charge in [-0.3, -0.25) is 4.79 Å². The van der Waals surface area contributed by atoms with E-state index in [1.807, 2.05) is 6.92 Å². The number of rotatable bonds is 7. The highest BCUT2D eigenvalue weighted by Gasteiger charge is 2.05. The number of nitrogens with two attached hydrogens (primary N) is 1. The number of nitrogens with one attached hydrogen (secondary N) is 1. The molecule has 13 heavy (non-hydrogen) atoms. The topological polar surface area (TPSA) is 55.1 Å². The maximum atomic E-state index is 11.2. The number of amides is 1. The van der Waals surface area contributed by atoms with E-state index < -0.39 is 0 Å². The average Bonchev–Trinajstić information content (AvgIpc) is 2.05. The lowest BCUT2D eigenvalue weighted by Crippen LogP contribution is -2.33. The lowest BCUT2D eigenvalue weighted by molar-refractivity contribution is -0.119. The summed E-state index contributed by atoms with van der Waals surface area (Å²) in [5, 5.41) is 2.94. The molecular weight excluding hydrogens is 184 g/mol. The molecule has 0 fully saturated rings. The Kier molecular flexibility index (Phi) is 8.24. The lowest BCUT2D eigenvalue weighted by atomic mass is 10.2. The van der Waals surface area contributed by atoms with E-state index >= 15 is 0 Å². The van der Waals surface area contributed by atoms with Crippen molar-refractivity contribution in [2.24, 2.45) is 5.73 Å². The first-order valence-corrected chi connectivity index (χ1v) is 5.93. The van der Waals surface area contributed by atoms with E-state index in [2.05, 4.69) is 12.2 Å². The minimum atomic E-state index is 0.124. The molecule has 0 aromatic carbocycles. The summed E-state index contributed by atoms with van der Waals surface area (Å²) in [4.78, 5) is 11.2. The predicted molar refractivity (Wildman–Crippen MR) is 58.9 cm³/mol. The van der Waals surface area contributed by atoms with Crippen LogP contribution in [-0.4, -0.2) is 30.0 Å². The van der Waals surface area contributed by atoms with Crippen molar-refractivity contribution >= 4 is 17.7 Å². The van der Waals surface area contributed by atoms with Gasteiger partial charge >= 0.3 is 0 Å². The highest BCUT2D eigenvalue weighted by atomic mass is 32.2. The van der Waals surface area contributed by atoms with Gasteiger partial charge in [0.2, 0.25) is 5.91 Å². The molecule has 0 radical (unpaired) electrons. The number of hydrogen-bond donors (Lipinski definition) is 2. The van der Waals surface area contributed by atoms with Gasteiger partial charge in [0.15, 0.2) is 0 Å². The van der Waals surface area contributed by atoms with Crippen LogP contribution in [0.3, 0.4) is 0 Å². The Morgan fingerprint density at radius 2 is 2.31 bits per heavy atom. The van der Waals surface area contributed by atoms with Crippen LogP contribution in [0.25, 0.3) is 0 Å². The molecule has 0 bridgehead atoms. The van der Waals surface area contributed by atoms with Gasteiger partial charge in [0.05, 0.1) is 5.75 Å². The van der Waals surface area contributed by atoms with Crippen molar-refractivity contribution < 1.29 is 4.79 Å². The standard InChI is InChI=1S/C9H20N2OS/c1-3-4-8(2)11-9(12)7-13-6-5-10/h8H,3-7,10H2,1-2H3,(H,11,12). The Bertz CT molecular complexity index is 142. The van der Waals surface area contributed by atoms with Crippen molar-refractivity contribution in [2.75, 3.05) is 18.1 Å². The highest BCUT2D eigenvalue weighted by molar-refractivity contribution is 7.99. The Labute approximate surface area is 84.8 Å². The first-order valence-electron chi connectivity index (χ1n) is 4.77. The molecule has 0 aliphatic carbocycles. The molecule has 3 N–H and O–H groups in total. The third-order valence-electron chi connectivity index (χ3n) is 1.62. The van der Waals surface area contributed by atoms with Gasteiger partial charge in [-0.25, -0.2) is 0 Å². The van der Waals surface area contributed by atoms with Crippen LogP contribution in [0.4, 0.5) is 0 Å². The van der Waals surface area contributed by atoms with E-state index in [1.54, 1.807) is 11.8 Å². The molecule has 1 unspecified atom stereocenters. The number of carbonyl (C=O) groups excluding carboxylic acids is 1. The third kappa shape index (κ3) is 8.12. The molecule has 0 aliphatic heterocycles. The molecule has 3 nitrogen and oxygen atoms in total. The van der Waals surface area contributed by atoms with Crippen molar-refractivity contribution in [3.05, 3.63) is 0 Å². The van der Waals surface area contributed by atoms with Crippen LogP contribution >= 0.6 is 11.8 Å². The van der Waals surface area contributed by atoms with Gasteiger partial charge in [0.25, 0.3) is 0 Å². The van der Waals surface area contributed by atoms with Crippen LogP contribution in [-0.2, 0) is 4.79 Å². The number of carbonyl (C=O) groups is 1. The molecule has 0 spiro atoms. The van der Waals surface area contributed by atoms with Crippen molar-refractivity contribution in [3.63, 3.8) is 0 Å². The minimum Gasteiger partial charge on any atom is -0.353 e. The lowest BCUT2D eigenvalue weighted by Gasteiger charge is -2.12. The molecule has 0 saturated carbocycles. The molecular formula is C9H20N2OS. The van der Waals surface area contributed by atoms with Crippen molar-refractivity contribution in [2.45, 2.75) is 32.7 Å². The molecule has 1 amide bonds. The Balaban J connectivity index is 3.38. The zero-order valence-electron chi connectivity index (χ0n) is 8.51. The van der Waals surface area contributed by atoms with Crippen LogP contribution in [0.5, 0.6) is 0 Å². The Morgan fingerprint density at radius 3 is 2.85 bits per heavy atom. The SMILES string of the molecule is CCCC(C)NC(=O)CSCCN. The minimum absolute atomic E-state index is 0.124. The zero-order valence-corrected chi connectivity index (χ0v) is 9.32. The molecule has 0 aliphatic rings. The Hall–Kier alpha value is -0.220. The van der Waals surface area contributed by atoms with Crippen LogP contribution in [0.1, 0.15) is 26.7 Å². The molecule has 0 heterocycles. The zero-order chi connectivity index (χ0) is 10.1. The van der Waals surface area contributed by atoms with Crippen molar-refractivity contribution in [3.8, 4) is 0 Å². The molecule has 0 aromatic heterocycles. The van der Waals surface area contributed by atoms with E-state index in [0.29, 0.717) is 18.3 Å². The van der Waals surface area contributed by atoms with Crippen LogP contribution < -0.4 is 11.1 Å². The van der Waals surface area contributed by atoms with E-state index in [0.717, 1.165) is 18.6 Å². The first kappa shape index (κ1) is 12.8. The van der Waals surface area contributed by atoms with Gasteiger partial charge in [0.1, 0.15) is 0 Å². The van der Waals surface area contributed by atoms with Crippen LogP contribution in [0, 0.1) is 0 Å². The molecule has 0 saturated heterocycles. The van der Waals surface area contributed by atoms with Gasteiger partial charge in [-0.2, -0.15) is 11.8 Å². The summed E-state index contributed by atoms with van der Waals surface area (Å²) in [6.45, 7) is 4.79. The van der Waals surface area contributed by atoms with Gasteiger partial charge < -0.3 is 11.1 Å². The molecule has 78 valence electrons. The maximum absolute atomic E-state index is 11.2. The van der Waals surface area contributed by atoms with E-state index in [4.69, 9.17) is 5.73 Å². The summed E-state index contributed by atoms with van der Waals surface area (Å²) in [6.07, 6.45) is 2.16. The van der Waals surface area contributed by atoms with Crippen molar-refractivity contribution in [1.29, 1.82) is 0 Å². The number of hydrogen-bond acceptors (Lipinski definition) is 3. The fourth-order valence-electron chi connectivity index (χ4n) is 1.07.